The molecule has 3 nitrogen and oxygen atoms in total. The number of hydrogen-bond donors (Lipinski definition) is 2. The highest BCUT2D eigenvalue weighted by atomic mass is 16.4. The van der Waals surface area contributed by atoms with Crippen LogP contribution in [0.5, 0.6) is 0 Å². The van der Waals surface area contributed by atoms with Crippen LogP contribution in [0.25, 0.3) is 0 Å². The van der Waals surface area contributed by atoms with Gasteiger partial charge >= 0.3 is 5.97 Å². The second kappa shape index (κ2) is 14.4. The number of unbranched alkanes of at least 4 members (excludes halogenated alkanes) is 10. The first-order chi connectivity index (χ1) is 10.0. The number of hydrogen-bond acceptors (Lipinski definition) is 2. The van der Waals surface area contributed by atoms with E-state index in [-0.39, 0.29) is 0 Å². The Morgan fingerprint density at radius 1 is 0.762 bits per heavy atom. The van der Waals surface area contributed by atoms with Crippen LogP contribution in [-0.4, -0.2) is 17.1 Å². The molecule has 0 aromatic rings. The molecule has 126 valence electrons. The van der Waals surface area contributed by atoms with Crippen LogP contribution in [0.15, 0.2) is 0 Å². The van der Waals surface area contributed by atoms with Gasteiger partial charge in [-0.3, -0.25) is 4.79 Å². The number of rotatable bonds is 15. The topological polar surface area (TPSA) is 63.3 Å². The number of carboxylic acids is 1. The SMILES string of the molecule is CC(C)CCCCCCCCCCCCCC(N)C(=O)O. The Bertz CT molecular complexity index is 241. The molecule has 0 fully saturated rings. The summed E-state index contributed by atoms with van der Waals surface area (Å²) in [6.45, 7) is 4.60. The zero-order valence-electron chi connectivity index (χ0n) is 14.3. The maximum absolute atomic E-state index is 10.5. The molecule has 0 spiro atoms. The fourth-order valence-electron chi connectivity index (χ4n) is 2.63. The van der Waals surface area contributed by atoms with Crippen molar-refractivity contribution >= 4 is 5.97 Å². The van der Waals surface area contributed by atoms with Crippen LogP contribution in [0.3, 0.4) is 0 Å². The predicted molar refractivity (Wildman–Crippen MR) is 90.5 cm³/mol. The van der Waals surface area contributed by atoms with Crippen molar-refractivity contribution in [1.29, 1.82) is 0 Å². The van der Waals surface area contributed by atoms with Crippen molar-refractivity contribution in [3.05, 3.63) is 0 Å². The standard InChI is InChI=1S/C18H37NO2/c1-16(2)14-12-10-8-6-4-3-5-7-9-11-13-15-17(19)18(20)21/h16-17H,3-15,19H2,1-2H3,(H,20,21). The van der Waals surface area contributed by atoms with Crippen LogP contribution in [0.4, 0.5) is 0 Å². The lowest BCUT2D eigenvalue weighted by Gasteiger charge is -2.06. The Labute approximate surface area is 131 Å². The van der Waals surface area contributed by atoms with Gasteiger partial charge in [0, 0.05) is 0 Å². The molecule has 0 aliphatic rings. The second-order valence-corrected chi connectivity index (χ2v) is 6.81. The highest BCUT2D eigenvalue weighted by Gasteiger charge is 2.09. The van der Waals surface area contributed by atoms with Gasteiger partial charge in [-0.05, 0) is 12.3 Å². The molecule has 0 heterocycles. The molecule has 1 atom stereocenters. The fraction of sp³-hybridized carbons (Fsp3) is 0.944. The highest BCUT2D eigenvalue weighted by Crippen LogP contribution is 2.14. The minimum Gasteiger partial charge on any atom is -0.480 e. The molecule has 0 amide bonds. The number of carboxylic acid groups (broad SMARTS) is 1. The van der Waals surface area contributed by atoms with Crippen LogP contribution in [0.2, 0.25) is 0 Å². The summed E-state index contributed by atoms with van der Waals surface area (Å²) >= 11 is 0. The Morgan fingerprint density at radius 2 is 1.10 bits per heavy atom. The van der Waals surface area contributed by atoms with E-state index in [1.54, 1.807) is 0 Å². The number of nitrogens with two attached hydrogens (primary N) is 1. The molecule has 3 N–H and O–H groups in total. The summed E-state index contributed by atoms with van der Waals surface area (Å²) in [7, 11) is 0. The van der Waals surface area contributed by atoms with Crippen LogP contribution in [0.1, 0.15) is 97.3 Å². The smallest absolute Gasteiger partial charge is 0.320 e. The van der Waals surface area contributed by atoms with Gasteiger partial charge in [-0.15, -0.1) is 0 Å². The van der Waals surface area contributed by atoms with Crippen LogP contribution < -0.4 is 5.73 Å². The zero-order chi connectivity index (χ0) is 15.9. The average molecular weight is 299 g/mol. The minimum absolute atomic E-state index is 0.617. The Hall–Kier alpha value is -0.570. The van der Waals surface area contributed by atoms with E-state index < -0.39 is 12.0 Å². The van der Waals surface area contributed by atoms with Gasteiger partial charge in [0.05, 0.1) is 0 Å². The summed E-state index contributed by atoms with van der Waals surface area (Å²) in [6, 6.07) is -0.666. The van der Waals surface area contributed by atoms with Gasteiger partial charge in [0.25, 0.3) is 0 Å². The first-order valence-corrected chi connectivity index (χ1v) is 9.02. The minimum atomic E-state index is -0.872. The largest absolute Gasteiger partial charge is 0.480 e. The third-order valence-corrected chi connectivity index (χ3v) is 4.11. The summed E-state index contributed by atoms with van der Waals surface area (Å²) in [5.41, 5.74) is 5.46. The van der Waals surface area contributed by atoms with Crippen LogP contribution in [0, 0.1) is 5.92 Å². The third kappa shape index (κ3) is 15.6. The number of carbonyl (C=O) groups is 1. The molecule has 1 unspecified atom stereocenters. The Kier molecular flexibility index (Phi) is 14.0. The molecule has 0 aliphatic heterocycles. The van der Waals surface area contributed by atoms with E-state index >= 15 is 0 Å². The summed E-state index contributed by atoms with van der Waals surface area (Å²) in [5, 5.41) is 8.66. The molecule has 0 saturated carbocycles. The van der Waals surface area contributed by atoms with Crippen molar-refractivity contribution in [3.63, 3.8) is 0 Å². The van der Waals surface area contributed by atoms with Crippen molar-refractivity contribution < 1.29 is 9.90 Å². The van der Waals surface area contributed by atoms with Crippen molar-refractivity contribution in [2.75, 3.05) is 0 Å². The van der Waals surface area contributed by atoms with Gasteiger partial charge in [0.2, 0.25) is 0 Å². The predicted octanol–water partition coefficient (Wildman–Crippen LogP) is 5.13. The monoisotopic (exact) mass is 299 g/mol. The molecule has 3 heteroatoms. The van der Waals surface area contributed by atoms with Gasteiger partial charge in [-0.25, -0.2) is 0 Å². The maximum Gasteiger partial charge on any atom is 0.320 e. The zero-order valence-corrected chi connectivity index (χ0v) is 14.3. The van der Waals surface area contributed by atoms with E-state index in [0.29, 0.717) is 6.42 Å². The van der Waals surface area contributed by atoms with E-state index in [1.165, 1.54) is 64.2 Å². The first kappa shape index (κ1) is 20.4. The van der Waals surface area contributed by atoms with Gasteiger partial charge < -0.3 is 10.8 Å². The van der Waals surface area contributed by atoms with Gasteiger partial charge in [-0.2, -0.15) is 0 Å². The lowest BCUT2D eigenvalue weighted by atomic mass is 10.0. The highest BCUT2D eigenvalue weighted by molar-refractivity contribution is 5.72. The van der Waals surface area contributed by atoms with Gasteiger partial charge in [-0.1, -0.05) is 90.9 Å². The molecule has 0 rings (SSSR count). The second-order valence-electron chi connectivity index (χ2n) is 6.81. The lowest BCUT2D eigenvalue weighted by molar-refractivity contribution is -0.138. The van der Waals surface area contributed by atoms with Crippen LogP contribution in [-0.2, 0) is 4.79 Å². The molecule has 21 heavy (non-hydrogen) atoms. The first-order valence-electron chi connectivity index (χ1n) is 9.02. The quantitative estimate of drug-likeness (QED) is 0.412. The molecule has 0 bridgehead atoms. The van der Waals surface area contributed by atoms with E-state index in [0.717, 1.165) is 18.8 Å². The maximum atomic E-state index is 10.5. The summed E-state index contributed by atoms with van der Waals surface area (Å²) in [4.78, 5) is 10.5. The van der Waals surface area contributed by atoms with Crippen molar-refractivity contribution in [2.45, 2.75) is 103 Å². The average Bonchev–Trinajstić information content (AvgIpc) is 2.43. The molecule has 0 aromatic carbocycles. The Balaban J connectivity index is 3.07. The number of aliphatic carboxylic acids is 1. The summed E-state index contributed by atoms with van der Waals surface area (Å²) in [5.74, 6) is -0.0153. The van der Waals surface area contributed by atoms with E-state index in [2.05, 4.69) is 13.8 Å². The normalized spacial score (nSPS) is 12.8. The van der Waals surface area contributed by atoms with Crippen molar-refractivity contribution in [2.24, 2.45) is 11.7 Å². The lowest BCUT2D eigenvalue weighted by Crippen LogP contribution is -2.29. The molecule has 0 saturated heterocycles. The fourth-order valence-corrected chi connectivity index (χ4v) is 2.63. The molecular formula is C18H37NO2. The van der Waals surface area contributed by atoms with Gasteiger partial charge in [0.1, 0.15) is 6.04 Å². The summed E-state index contributed by atoms with van der Waals surface area (Å²) in [6.07, 6.45) is 16.2. The van der Waals surface area contributed by atoms with Gasteiger partial charge in [0.15, 0.2) is 0 Å². The van der Waals surface area contributed by atoms with Crippen LogP contribution >= 0.6 is 0 Å². The van der Waals surface area contributed by atoms with E-state index in [9.17, 15) is 4.79 Å². The molecule has 0 aromatic heterocycles. The molecule has 0 radical (unpaired) electrons. The van der Waals surface area contributed by atoms with E-state index in [1.807, 2.05) is 0 Å². The molecular weight excluding hydrogens is 262 g/mol. The Morgan fingerprint density at radius 3 is 1.43 bits per heavy atom. The van der Waals surface area contributed by atoms with Crippen molar-refractivity contribution in [3.8, 4) is 0 Å². The van der Waals surface area contributed by atoms with Crippen molar-refractivity contribution in [1.82, 2.24) is 0 Å². The third-order valence-electron chi connectivity index (χ3n) is 4.11. The summed E-state index contributed by atoms with van der Waals surface area (Å²) < 4.78 is 0. The molecule has 0 aliphatic carbocycles. The van der Waals surface area contributed by atoms with E-state index in [4.69, 9.17) is 10.8 Å².